The van der Waals surface area contributed by atoms with Crippen LogP contribution >= 0.6 is 0 Å². The second-order valence-electron chi connectivity index (χ2n) is 6.31. The lowest BCUT2D eigenvalue weighted by atomic mass is 9.99. The van der Waals surface area contributed by atoms with Gasteiger partial charge >= 0.3 is 5.97 Å². The maximum absolute atomic E-state index is 11.1. The molecule has 5 rings (SSSR count). The van der Waals surface area contributed by atoms with E-state index in [0.29, 0.717) is 16.9 Å². The predicted octanol–water partition coefficient (Wildman–Crippen LogP) is 3.35. The van der Waals surface area contributed by atoms with Crippen LogP contribution in [0.2, 0.25) is 0 Å². The monoisotopic (exact) mass is 342 g/mol. The molecule has 2 heterocycles. The van der Waals surface area contributed by atoms with Crippen LogP contribution in [0.25, 0.3) is 33.5 Å². The zero-order valence-corrected chi connectivity index (χ0v) is 13.6. The van der Waals surface area contributed by atoms with Gasteiger partial charge in [-0.15, -0.1) is 0 Å². The number of hydrogen-bond acceptors (Lipinski definition) is 4. The lowest BCUT2D eigenvalue weighted by Gasteiger charge is -2.08. The third-order valence-corrected chi connectivity index (χ3v) is 4.84. The van der Waals surface area contributed by atoms with E-state index in [4.69, 9.17) is 10.8 Å². The standard InChI is InChI=1S/C20H14N4O2/c21-18-11-5-2-1-4-10(11)17-12(18)6-3-7-13(17)19-23-14-8-15(20(25)26)22-9-16(14)24-19/h1-9,18H,21H2,(H,23,24)(H,25,26). The molecule has 1 aliphatic carbocycles. The summed E-state index contributed by atoms with van der Waals surface area (Å²) in [5, 5.41) is 9.12. The highest BCUT2D eigenvalue weighted by Gasteiger charge is 2.28. The number of nitrogens with one attached hydrogen (secondary N) is 1. The molecule has 0 amide bonds. The molecule has 0 fully saturated rings. The summed E-state index contributed by atoms with van der Waals surface area (Å²) in [6.07, 6.45) is 1.50. The van der Waals surface area contributed by atoms with E-state index in [1.165, 1.54) is 12.3 Å². The molecule has 0 bridgehead atoms. The molecule has 0 saturated carbocycles. The van der Waals surface area contributed by atoms with Crippen molar-refractivity contribution in [1.82, 2.24) is 15.0 Å². The zero-order chi connectivity index (χ0) is 17.8. The van der Waals surface area contributed by atoms with E-state index in [0.717, 1.165) is 27.8 Å². The average molecular weight is 342 g/mol. The van der Waals surface area contributed by atoms with Crippen molar-refractivity contribution in [1.29, 1.82) is 0 Å². The van der Waals surface area contributed by atoms with Crippen molar-refractivity contribution in [2.45, 2.75) is 6.04 Å². The van der Waals surface area contributed by atoms with Crippen molar-refractivity contribution >= 4 is 17.0 Å². The summed E-state index contributed by atoms with van der Waals surface area (Å²) in [7, 11) is 0. The molecule has 6 heteroatoms. The number of nitrogens with two attached hydrogens (primary N) is 1. The molecule has 4 N–H and O–H groups in total. The molecule has 126 valence electrons. The van der Waals surface area contributed by atoms with E-state index in [1.54, 1.807) is 0 Å². The molecule has 0 aliphatic heterocycles. The number of aromatic nitrogens is 3. The third kappa shape index (κ3) is 1.99. The predicted molar refractivity (Wildman–Crippen MR) is 97.8 cm³/mol. The quantitative estimate of drug-likeness (QED) is 0.518. The Morgan fingerprint density at radius 3 is 2.69 bits per heavy atom. The Kier molecular flexibility index (Phi) is 2.98. The summed E-state index contributed by atoms with van der Waals surface area (Å²) in [6.45, 7) is 0. The Morgan fingerprint density at radius 2 is 1.85 bits per heavy atom. The molecule has 0 spiro atoms. The Morgan fingerprint density at radius 1 is 1.08 bits per heavy atom. The van der Waals surface area contributed by atoms with E-state index < -0.39 is 5.97 Å². The smallest absolute Gasteiger partial charge is 0.354 e. The minimum atomic E-state index is -1.07. The maximum atomic E-state index is 11.1. The zero-order valence-electron chi connectivity index (χ0n) is 13.6. The minimum absolute atomic E-state index is 0.0267. The van der Waals surface area contributed by atoms with Crippen LogP contribution in [0.15, 0.2) is 54.7 Å². The van der Waals surface area contributed by atoms with Crippen molar-refractivity contribution in [2.24, 2.45) is 5.73 Å². The summed E-state index contributed by atoms with van der Waals surface area (Å²) in [5.74, 6) is -0.401. The number of imidazole rings is 1. The van der Waals surface area contributed by atoms with Crippen molar-refractivity contribution in [2.75, 3.05) is 0 Å². The second-order valence-corrected chi connectivity index (χ2v) is 6.31. The summed E-state index contributed by atoms with van der Waals surface area (Å²) >= 11 is 0. The fraction of sp³-hybridized carbons (Fsp3) is 0.0500. The average Bonchev–Trinajstić information content (AvgIpc) is 3.21. The Hall–Kier alpha value is -3.51. The molecule has 0 radical (unpaired) electrons. The van der Waals surface area contributed by atoms with Crippen LogP contribution < -0.4 is 5.73 Å². The minimum Gasteiger partial charge on any atom is -0.477 e. The number of carboxylic acids is 1. The van der Waals surface area contributed by atoms with E-state index in [1.807, 2.05) is 36.4 Å². The molecule has 1 unspecified atom stereocenters. The van der Waals surface area contributed by atoms with Crippen LogP contribution in [-0.2, 0) is 0 Å². The van der Waals surface area contributed by atoms with Crippen LogP contribution in [0.5, 0.6) is 0 Å². The van der Waals surface area contributed by atoms with Gasteiger partial charge in [0.15, 0.2) is 0 Å². The van der Waals surface area contributed by atoms with Crippen LogP contribution in [0.3, 0.4) is 0 Å². The number of hydrogen-bond donors (Lipinski definition) is 3. The fourth-order valence-corrected chi connectivity index (χ4v) is 3.64. The van der Waals surface area contributed by atoms with Gasteiger partial charge in [0.25, 0.3) is 0 Å². The van der Waals surface area contributed by atoms with Crippen molar-refractivity contribution in [3.63, 3.8) is 0 Å². The first-order chi connectivity index (χ1) is 12.6. The summed E-state index contributed by atoms with van der Waals surface area (Å²) in [4.78, 5) is 22.9. The number of aromatic amines is 1. The van der Waals surface area contributed by atoms with Gasteiger partial charge in [-0.1, -0.05) is 42.5 Å². The van der Waals surface area contributed by atoms with E-state index in [2.05, 4.69) is 21.0 Å². The van der Waals surface area contributed by atoms with Crippen LogP contribution in [0.1, 0.15) is 27.7 Å². The number of carboxylic acid groups (broad SMARTS) is 1. The van der Waals surface area contributed by atoms with Gasteiger partial charge in [0, 0.05) is 5.56 Å². The topological polar surface area (TPSA) is 105 Å². The first-order valence-corrected chi connectivity index (χ1v) is 8.20. The maximum Gasteiger partial charge on any atom is 0.354 e. The van der Waals surface area contributed by atoms with E-state index in [9.17, 15) is 4.79 Å². The summed E-state index contributed by atoms with van der Waals surface area (Å²) < 4.78 is 0. The molecular formula is C20H14N4O2. The Balaban J connectivity index is 1.74. The first-order valence-electron chi connectivity index (χ1n) is 8.20. The Bertz CT molecular complexity index is 1200. The highest BCUT2D eigenvalue weighted by molar-refractivity contribution is 5.93. The fourth-order valence-electron chi connectivity index (χ4n) is 3.64. The SMILES string of the molecule is NC1c2ccccc2-c2c(-c3nc4cc(C(=O)O)ncc4[nH]3)cccc21. The number of carbonyl (C=O) groups is 1. The molecule has 6 nitrogen and oxygen atoms in total. The second kappa shape index (κ2) is 5.24. The van der Waals surface area contributed by atoms with Gasteiger partial charge < -0.3 is 15.8 Å². The van der Waals surface area contributed by atoms with Crippen molar-refractivity contribution < 1.29 is 9.90 Å². The Labute approximate surface area is 148 Å². The lowest BCUT2D eigenvalue weighted by molar-refractivity contribution is 0.0690. The lowest BCUT2D eigenvalue weighted by Crippen LogP contribution is -2.07. The first kappa shape index (κ1) is 14.8. The number of rotatable bonds is 2. The molecule has 2 aromatic carbocycles. The normalized spacial score (nSPS) is 15.0. The summed E-state index contributed by atoms with van der Waals surface area (Å²) in [5.41, 5.74) is 12.9. The number of nitrogens with zero attached hydrogens (tertiary/aromatic N) is 2. The molecule has 4 aromatic rings. The molecule has 0 saturated heterocycles. The van der Waals surface area contributed by atoms with E-state index in [-0.39, 0.29) is 11.7 Å². The van der Waals surface area contributed by atoms with Gasteiger partial charge in [-0.25, -0.2) is 14.8 Å². The van der Waals surface area contributed by atoms with Gasteiger partial charge in [-0.2, -0.15) is 0 Å². The largest absolute Gasteiger partial charge is 0.477 e. The van der Waals surface area contributed by atoms with Crippen LogP contribution in [0.4, 0.5) is 0 Å². The van der Waals surface area contributed by atoms with E-state index >= 15 is 0 Å². The number of aromatic carboxylic acids is 1. The molecular weight excluding hydrogens is 328 g/mol. The highest BCUT2D eigenvalue weighted by Crippen LogP contribution is 2.46. The number of H-pyrrole nitrogens is 1. The third-order valence-electron chi connectivity index (χ3n) is 4.84. The van der Waals surface area contributed by atoms with Crippen LogP contribution in [0, 0.1) is 0 Å². The van der Waals surface area contributed by atoms with Gasteiger partial charge in [0.05, 0.1) is 23.3 Å². The number of benzene rings is 2. The van der Waals surface area contributed by atoms with Crippen molar-refractivity contribution in [3.8, 4) is 22.5 Å². The van der Waals surface area contributed by atoms with Crippen molar-refractivity contribution in [3.05, 3.63) is 71.5 Å². The highest BCUT2D eigenvalue weighted by atomic mass is 16.4. The molecule has 1 aliphatic rings. The van der Waals surface area contributed by atoms with Gasteiger partial charge in [-0.3, -0.25) is 0 Å². The number of fused-ring (bicyclic) bond motifs is 4. The molecule has 1 atom stereocenters. The van der Waals surface area contributed by atoms with Gasteiger partial charge in [-0.05, 0) is 28.3 Å². The van der Waals surface area contributed by atoms with Gasteiger partial charge in [0.2, 0.25) is 0 Å². The van der Waals surface area contributed by atoms with Crippen LogP contribution in [-0.4, -0.2) is 26.0 Å². The molecule has 2 aromatic heterocycles. The number of pyridine rings is 1. The van der Waals surface area contributed by atoms with Gasteiger partial charge in [0.1, 0.15) is 11.5 Å². The molecule has 26 heavy (non-hydrogen) atoms. The summed E-state index contributed by atoms with van der Waals surface area (Å²) in [6, 6.07) is 15.4.